The highest BCUT2D eigenvalue weighted by molar-refractivity contribution is 6.06. The number of hydrogen-bond donors (Lipinski definition) is 4. The van der Waals surface area contributed by atoms with E-state index in [0.29, 0.717) is 74.9 Å². The maximum atomic E-state index is 13.6. The number of anilines is 3. The van der Waals surface area contributed by atoms with Crippen molar-refractivity contribution in [3.8, 4) is 23.1 Å². The minimum absolute atomic E-state index is 0.0261. The van der Waals surface area contributed by atoms with E-state index in [1.165, 1.54) is 0 Å². The Morgan fingerprint density at radius 2 is 1.77 bits per heavy atom. The van der Waals surface area contributed by atoms with Crippen molar-refractivity contribution < 1.29 is 37.1 Å². The Hall–Kier alpha value is -7.82. The quantitative estimate of drug-likeness (QED) is 0.106. The van der Waals surface area contributed by atoms with Crippen LogP contribution < -0.4 is 26.6 Å². The number of halogens is 3. The molecule has 5 aromatic rings. The number of alkyl halides is 3. The number of nitrogens with one attached hydrogen (secondary N) is 3. The van der Waals surface area contributed by atoms with Gasteiger partial charge in [-0.2, -0.15) is 18.3 Å². The van der Waals surface area contributed by atoms with Gasteiger partial charge in [0.1, 0.15) is 23.1 Å². The number of hydrogen-bond acceptors (Lipinski definition) is 11. The Morgan fingerprint density at radius 1 is 0.942 bits per heavy atom. The molecule has 0 unspecified atom stereocenters. The summed E-state index contributed by atoms with van der Waals surface area (Å²) in [6.45, 7) is 1.91. The molecule has 6 amide bonds. The van der Waals surface area contributed by atoms with Gasteiger partial charge in [-0.3, -0.25) is 29.2 Å². The Balaban J connectivity index is 0.846. The van der Waals surface area contributed by atoms with Crippen LogP contribution in [0.25, 0.3) is 28.2 Å². The van der Waals surface area contributed by atoms with Gasteiger partial charge in [0.25, 0.3) is 5.91 Å². The minimum Gasteiger partial charge on any atom is -0.383 e. The number of rotatable bonds is 8. The fourth-order valence-corrected chi connectivity index (χ4v) is 9.21. The molecule has 2 atom stereocenters. The molecule has 69 heavy (non-hydrogen) atoms. The topological polar surface area (TPSA) is 214 Å². The van der Waals surface area contributed by atoms with Gasteiger partial charge in [0, 0.05) is 92.3 Å². The standard InChI is InChI=1S/C49H49F3N12O5/c50-49(51,52)34-18-20-54-38(23-34)58-47(68)32-15-13-31(14-16-32)44-43-45-33(26-56-46(43)53)8-4-5-21-61(29-41(66)57-35-9-6-10-36(24-35)64(45)60-44)42(67)11-3-1-2-7-30-12-17-39(55-25-30)62-27-37(28-62)63-22-19-40(65)59-48(63)69/h4,8,12-18,20,23,25-26,35-37H,1,3,5-6,9-11,19,21-22,24,27-29H2,(H2,53,56)(H,57,66)(H,54,58,68)(H,59,65,69)/b8-4+/t35-,36-/m1/s1. The van der Waals surface area contributed by atoms with E-state index in [0.717, 1.165) is 60.1 Å². The van der Waals surface area contributed by atoms with Gasteiger partial charge in [-0.15, -0.1) is 0 Å². The number of fused-ring (bicyclic) bond motifs is 3. The van der Waals surface area contributed by atoms with Crippen molar-refractivity contribution in [3.05, 3.63) is 95.5 Å². The normalized spacial score (nSPS) is 19.4. The summed E-state index contributed by atoms with van der Waals surface area (Å²) >= 11 is 0. The van der Waals surface area contributed by atoms with Gasteiger partial charge >= 0.3 is 12.2 Å². The van der Waals surface area contributed by atoms with Crippen LogP contribution in [0.5, 0.6) is 0 Å². The number of nitrogen functional groups attached to an aromatic ring is 1. The zero-order valence-corrected chi connectivity index (χ0v) is 37.5. The van der Waals surface area contributed by atoms with Crippen molar-refractivity contribution in [2.24, 2.45) is 0 Å². The van der Waals surface area contributed by atoms with E-state index in [2.05, 4.69) is 47.6 Å². The third kappa shape index (κ3) is 10.5. The Morgan fingerprint density at radius 3 is 2.54 bits per heavy atom. The molecule has 3 fully saturated rings. The Kier molecular flexibility index (Phi) is 13.3. The van der Waals surface area contributed by atoms with E-state index in [9.17, 15) is 37.1 Å². The summed E-state index contributed by atoms with van der Waals surface area (Å²) in [5.41, 5.74) is 9.29. The SMILES string of the molecule is Nc1ncc2c3c1c(-c1ccc(C(=O)Nc4cc(C(F)(F)F)ccn4)cc1)nn3[C@@H]1CCC[C@H](C1)NC(=O)CN(C(=O)CCCC#Cc1ccc(N3CC(N4CCC(=O)NC4=O)C3)nc1)CC/C=C/2. The molecule has 4 aromatic heterocycles. The molecule has 17 nitrogen and oxygen atoms in total. The first-order valence-corrected chi connectivity index (χ1v) is 22.9. The lowest BCUT2D eigenvalue weighted by Gasteiger charge is -2.46. The monoisotopic (exact) mass is 942 g/mol. The third-order valence-electron chi connectivity index (χ3n) is 12.8. The van der Waals surface area contributed by atoms with Crippen LogP contribution in [0.2, 0.25) is 0 Å². The predicted octanol–water partition coefficient (Wildman–Crippen LogP) is 5.94. The molecule has 1 saturated carbocycles. The number of amides is 6. The van der Waals surface area contributed by atoms with Crippen molar-refractivity contribution in [1.29, 1.82) is 0 Å². The van der Waals surface area contributed by atoms with Gasteiger partial charge in [0.15, 0.2) is 0 Å². The van der Waals surface area contributed by atoms with Crippen LogP contribution in [0, 0.1) is 11.8 Å². The van der Waals surface area contributed by atoms with E-state index in [4.69, 9.17) is 10.8 Å². The van der Waals surface area contributed by atoms with Crippen LogP contribution in [0.4, 0.5) is 35.4 Å². The van der Waals surface area contributed by atoms with E-state index in [1.807, 2.05) is 29.0 Å². The summed E-state index contributed by atoms with van der Waals surface area (Å²) in [4.78, 5) is 82.2. The number of nitrogens with two attached hydrogens (primary N) is 1. The molecule has 0 radical (unpaired) electrons. The first kappa shape index (κ1) is 46.3. The van der Waals surface area contributed by atoms with E-state index in [-0.39, 0.29) is 72.0 Å². The van der Waals surface area contributed by atoms with Gasteiger partial charge in [-0.05, 0) is 74.9 Å². The number of imide groups is 1. The van der Waals surface area contributed by atoms with Crippen molar-refractivity contribution in [1.82, 2.24) is 45.2 Å². The maximum absolute atomic E-state index is 13.6. The fourth-order valence-electron chi connectivity index (χ4n) is 9.21. The average Bonchev–Trinajstić information content (AvgIpc) is 3.73. The Bertz CT molecular complexity index is 2890. The van der Waals surface area contributed by atoms with Gasteiger partial charge in [-0.1, -0.05) is 36.1 Å². The lowest BCUT2D eigenvalue weighted by molar-refractivity contribution is -0.137. The number of aromatic nitrogens is 5. The summed E-state index contributed by atoms with van der Waals surface area (Å²) in [6, 6.07) is 11.3. The van der Waals surface area contributed by atoms with Crippen LogP contribution in [-0.4, -0.2) is 109 Å². The molecular weight excluding hydrogens is 894 g/mol. The van der Waals surface area contributed by atoms with Crippen molar-refractivity contribution in [3.63, 3.8) is 0 Å². The number of urea groups is 1. The molecule has 4 aliphatic rings. The molecule has 2 saturated heterocycles. The second kappa shape index (κ2) is 19.8. The van der Waals surface area contributed by atoms with Gasteiger partial charge < -0.3 is 31.1 Å². The molecule has 2 bridgehead atoms. The first-order chi connectivity index (χ1) is 33.3. The van der Waals surface area contributed by atoms with E-state index >= 15 is 0 Å². The summed E-state index contributed by atoms with van der Waals surface area (Å²) in [5.74, 6) is 5.79. The highest BCUT2D eigenvalue weighted by Gasteiger charge is 2.38. The zero-order chi connectivity index (χ0) is 48.2. The molecule has 7 heterocycles. The zero-order valence-electron chi connectivity index (χ0n) is 37.5. The summed E-state index contributed by atoms with van der Waals surface area (Å²) in [6.07, 6.45) is 8.56. The van der Waals surface area contributed by atoms with Gasteiger partial charge in [0.05, 0.1) is 35.1 Å². The smallest absolute Gasteiger partial charge is 0.383 e. The average molecular weight is 943 g/mol. The van der Waals surface area contributed by atoms with Crippen LogP contribution in [-0.2, 0) is 20.6 Å². The second-order valence-electron chi connectivity index (χ2n) is 17.6. The van der Waals surface area contributed by atoms with E-state index < -0.39 is 17.6 Å². The molecular formula is C49H49F3N12O5. The third-order valence-corrected chi connectivity index (χ3v) is 12.8. The molecule has 20 heteroatoms. The lowest BCUT2D eigenvalue weighted by Crippen LogP contribution is -2.65. The number of unbranched alkanes of at least 4 members (excludes halogenated alkanes) is 1. The minimum atomic E-state index is -4.59. The largest absolute Gasteiger partial charge is 0.416 e. The predicted molar refractivity (Wildman–Crippen MR) is 250 cm³/mol. The molecule has 1 aromatic carbocycles. The van der Waals surface area contributed by atoms with Gasteiger partial charge in [0.2, 0.25) is 17.7 Å². The summed E-state index contributed by atoms with van der Waals surface area (Å²) < 4.78 is 41.7. The molecule has 0 spiro atoms. The van der Waals surface area contributed by atoms with Crippen molar-refractivity contribution in [2.45, 2.75) is 82.1 Å². The van der Waals surface area contributed by atoms with Crippen molar-refractivity contribution >= 4 is 64.1 Å². The Labute approximate surface area is 394 Å². The summed E-state index contributed by atoms with van der Waals surface area (Å²) in [7, 11) is 0. The number of nitrogens with zero attached hydrogens (tertiary/aromatic N) is 8. The number of pyridine rings is 3. The van der Waals surface area contributed by atoms with Crippen LogP contribution in [0.3, 0.4) is 0 Å². The molecule has 356 valence electrons. The van der Waals surface area contributed by atoms with Crippen LogP contribution in [0.15, 0.2) is 73.2 Å². The van der Waals surface area contributed by atoms with Crippen LogP contribution >= 0.6 is 0 Å². The first-order valence-electron chi connectivity index (χ1n) is 22.9. The molecule has 5 N–H and O–H groups in total. The number of carbonyl (C=O) groups is 5. The fraction of sp³-hybridized carbons (Fsp3) is 0.367. The molecule has 3 aliphatic heterocycles. The molecule has 1 aliphatic carbocycles. The van der Waals surface area contributed by atoms with Gasteiger partial charge in [-0.25, -0.2) is 19.7 Å². The van der Waals surface area contributed by atoms with E-state index in [1.54, 1.807) is 46.5 Å². The number of carbonyl (C=O) groups excluding carboxylic acids is 5. The lowest BCUT2D eigenvalue weighted by atomic mass is 9.90. The molecule has 9 rings (SSSR count). The summed E-state index contributed by atoms with van der Waals surface area (Å²) in [5, 5.41) is 13.7. The second-order valence-corrected chi connectivity index (χ2v) is 17.6. The highest BCUT2D eigenvalue weighted by atomic mass is 19.4. The van der Waals surface area contributed by atoms with Crippen LogP contribution in [0.1, 0.15) is 90.9 Å². The highest BCUT2D eigenvalue weighted by Crippen LogP contribution is 2.39. The van der Waals surface area contributed by atoms with Crippen molar-refractivity contribution in [2.75, 3.05) is 48.7 Å². The number of benzene rings is 1. The maximum Gasteiger partial charge on any atom is 0.416 e.